The lowest BCUT2D eigenvalue weighted by atomic mass is 10.1. The highest BCUT2D eigenvalue weighted by atomic mass is 31.2. The molecule has 0 spiro atoms. The van der Waals surface area contributed by atoms with Gasteiger partial charge in [0.1, 0.15) is 0 Å². The van der Waals surface area contributed by atoms with E-state index in [-0.39, 0.29) is 5.91 Å². The summed E-state index contributed by atoms with van der Waals surface area (Å²) in [5.41, 5.74) is 0. The van der Waals surface area contributed by atoms with Gasteiger partial charge < -0.3 is 4.90 Å². The van der Waals surface area contributed by atoms with Crippen molar-refractivity contribution in [2.24, 2.45) is 0 Å². The summed E-state index contributed by atoms with van der Waals surface area (Å²) in [5.74, 6) is 2.22. The van der Waals surface area contributed by atoms with Crippen molar-refractivity contribution in [2.75, 3.05) is 13.1 Å². The van der Waals surface area contributed by atoms with Gasteiger partial charge in [0.05, 0.1) is 0 Å². The Morgan fingerprint density at radius 1 is 0.643 bits per heavy atom. The van der Waals surface area contributed by atoms with Gasteiger partial charge in [-0.25, -0.2) is 0 Å². The maximum absolute atomic E-state index is 13.4. The largest absolute Gasteiger partial charge is 0.339 e. The van der Waals surface area contributed by atoms with Gasteiger partial charge in [0.2, 0.25) is 5.91 Å². The molecule has 0 atom stereocenters. The van der Waals surface area contributed by atoms with E-state index in [1.807, 2.05) is 23.1 Å². The lowest BCUT2D eigenvalue weighted by Gasteiger charge is -2.31. The van der Waals surface area contributed by atoms with Gasteiger partial charge in [-0.05, 0) is 42.1 Å². The Morgan fingerprint density at radius 2 is 1.04 bits per heavy atom. The molecule has 1 amide bonds. The Morgan fingerprint density at radius 3 is 1.43 bits per heavy atom. The Hall–Kier alpha value is -2.57. The number of amides is 1. The molecule has 3 heteroatoms. The molecule has 0 aromatic heterocycles. The van der Waals surface area contributed by atoms with Crippen LogP contribution in [0.5, 0.6) is 0 Å². The number of piperidine rings is 1. The monoisotopic (exact) mass is 387 g/mol. The minimum absolute atomic E-state index is 0.171. The van der Waals surface area contributed by atoms with E-state index in [9.17, 15) is 4.79 Å². The first kappa shape index (κ1) is 18.8. The summed E-state index contributed by atoms with van der Waals surface area (Å²) < 4.78 is 0. The molecule has 0 N–H and O–H groups in total. The first-order valence-corrected chi connectivity index (χ1v) is 11.9. The van der Waals surface area contributed by atoms with Crippen LogP contribution in [0.1, 0.15) is 19.3 Å². The van der Waals surface area contributed by atoms with E-state index >= 15 is 0 Å². The van der Waals surface area contributed by atoms with Crippen LogP contribution < -0.4 is 15.9 Å². The molecule has 2 nitrogen and oxygen atoms in total. The lowest BCUT2D eigenvalue weighted by Crippen LogP contribution is -2.38. The Bertz CT molecular complexity index is 858. The van der Waals surface area contributed by atoms with Gasteiger partial charge >= 0.3 is 0 Å². The molecular formula is C25H26NOP. The second kappa shape index (κ2) is 8.63. The quantitative estimate of drug-likeness (QED) is 0.624. The second-order valence-electron chi connectivity index (χ2n) is 7.24. The summed E-state index contributed by atoms with van der Waals surface area (Å²) >= 11 is 0. The first-order chi connectivity index (χ1) is 13.8. The van der Waals surface area contributed by atoms with Crippen LogP contribution in [-0.2, 0) is 4.79 Å². The average Bonchev–Trinajstić information content (AvgIpc) is 2.80. The molecule has 0 bridgehead atoms. The summed E-state index contributed by atoms with van der Waals surface area (Å²) in [6.45, 7) is -0.455. The summed E-state index contributed by atoms with van der Waals surface area (Å²) in [4.78, 5) is 15.5. The number of rotatable bonds is 4. The minimum Gasteiger partial charge on any atom is -0.339 e. The third kappa shape index (κ3) is 3.70. The standard InChI is InChI=1S/C25H26NOP/c27-25(26-19-11-4-12-20-26)21-28(22-13-5-1-6-14-22,23-15-7-2-8-16-23)24-17-9-3-10-18-24/h1-3,5-10,13-18,21H,4,11-12,19-20H2. The number of carbonyl (C=O) groups is 1. The van der Waals surface area contributed by atoms with Crippen molar-refractivity contribution in [1.29, 1.82) is 0 Å². The fourth-order valence-corrected chi connectivity index (χ4v) is 7.79. The summed E-state index contributed by atoms with van der Waals surface area (Å²) in [7, 11) is 0. The second-order valence-corrected chi connectivity index (χ2v) is 10.5. The summed E-state index contributed by atoms with van der Waals surface area (Å²) in [5, 5.41) is 3.66. The van der Waals surface area contributed by atoms with E-state index in [0.29, 0.717) is 0 Å². The topological polar surface area (TPSA) is 20.3 Å². The molecule has 0 radical (unpaired) electrons. The zero-order valence-electron chi connectivity index (χ0n) is 16.1. The van der Waals surface area contributed by atoms with Gasteiger partial charge in [-0.2, -0.15) is 0 Å². The Kier molecular flexibility index (Phi) is 5.78. The highest BCUT2D eigenvalue weighted by molar-refractivity contribution is 7.95. The molecule has 1 saturated heterocycles. The van der Waals surface area contributed by atoms with Crippen molar-refractivity contribution >= 4 is 34.5 Å². The van der Waals surface area contributed by atoms with Crippen LogP contribution in [0.2, 0.25) is 0 Å². The highest BCUT2D eigenvalue weighted by Crippen LogP contribution is 2.43. The van der Waals surface area contributed by atoms with E-state index in [2.05, 4.69) is 78.6 Å². The minimum atomic E-state index is -2.19. The van der Waals surface area contributed by atoms with Crippen molar-refractivity contribution in [2.45, 2.75) is 19.3 Å². The lowest BCUT2D eigenvalue weighted by molar-refractivity contribution is -0.124. The van der Waals surface area contributed by atoms with Crippen LogP contribution in [0.3, 0.4) is 0 Å². The van der Waals surface area contributed by atoms with Crippen LogP contribution in [0.15, 0.2) is 91.0 Å². The fourth-order valence-electron chi connectivity index (χ4n) is 4.02. The van der Waals surface area contributed by atoms with Crippen LogP contribution in [0.25, 0.3) is 0 Å². The van der Waals surface area contributed by atoms with Crippen molar-refractivity contribution in [3.8, 4) is 0 Å². The first-order valence-electron chi connectivity index (χ1n) is 10.0. The zero-order valence-corrected chi connectivity index (χ0v) is 17.0. The maximum atomic E-state index is 13.4. The predicted octanol–water partition coefficient (Wildman–Crippen LogP) is 3.80. The Labute approximate surface area is 167 Å². The molecule has 142 valence electrons. The average molecular weight is 387 g/mol. The number of nitrogens with zero attached hydrogens (tertiary/aromatic N) is 1. The van der Waals surface area contributed by atoms with Gasteiger partial charge in [0.15, 0.2) is 0 Å². The third-order valence-electron chi connectivity index (χ3n) is 5.46. The molecule has 28 heavy (non-hydrogen) atoms. The van der Waals surface area contributed by atoms with E-state index < -0.39 is 6.89 Å². The van der Waals surface area contributed by atoms with Crippen LogP contribution in [-0.4, -0.2) is 29.7 Å². The van der Waals surface area contributed by atoms with Crippen molar-refractivity contribution in [3.63, 3.8) is 0 Å². The fraction of sp³-hybridized carbons (Fsp3) is 0.200. The maximum Gasteiger partial charge on any atom is 0.247 e. The predicted molar refractivity (Wildman–Crippen MR) is 122 cm³/mol. The number of carbonyl (C=O) groups excluding carboxylic acids is 1. The number of hydrogen-bond donors (Lipinski definition) is 0. The number of hydrogen-bond acceptors (Lipinski definition) is 1. The van der Waals surface area contributed by atoms with Gasteiger partial charge in [-0.1, -0.05) is 91.0 Å². The van der Waals surface area contributed by atoms with Crippen LogP contribution >= 0.6 is 6.89 Å². The van der Waals surface area contributed by atoms with Gasteiger partial charge in [-0.3, -0.25) is 4.79 Å². The molecule has 1 heterocycles. The molecule has 3 aromatic rings. The molecule has 1 aliphatic rings. The van der Waals surface area contributed by atoms with Gasteiger partial charge in [-0.15, -0.1) is 0 Å². The van der Waals surface area contributed by atoms with Crippen molar-refractivity contribution in [1.82, 2.24) is 4.90 Å². The molecule has 4 rings (SSSR count). The molecule has 0 aliphatic carbocycles. The molecule has 1 fully saturated rings. The van der Waals surface area contributed by atoms with Crippen LogP contribution in [0, 0.1) is 0 Å². The van der Waals surface area contributed by atoms with E-state index in [4.69, 9.17) is 0 Å². The van der Waals surface area contributed by atoms with E-state index in [0.717, 1.165) is 25.9 Å². The molecule has 3 aromatic carbocycles. The number of likely N-dealkylation sites (tertiary alicyclic amines) is 1. The van der Waals surface area contributed by atoms with E-state index in [1.54, 1.807) is 0 Å². The molecule has 1 aliphatic heterocycles. The van der Waals surface area contributed by atoms with E-state index in [1.165, 1.54) is 22.3 Å². The van der Waals surface area contributed by atoms with Gasteiger partial charge in [0.25, 0.3) is 0 Å². The molecular weight excluding hydrogens is 361 g/mol. The highest BCUT2D eigenvalue weighted by Gasteiger charge is 2.28. The normalized spacial score (nSPS) is 14.5. The number of benzene rings is 3. The van der Waals surface area contributed by atoms with Crippen LogP contribution in [0.4, 0.5) is 0 Å². The summed E-state index contributed by atoms with van der Waals surface area (Å²) in [6.07, 6.45) is 3.43. The summed E-state index contributed by atoms with van der Waals surface area (Å²) in [6, 6.07) is 31.6. The third-order valence-corrected chi connectivity index (χ3v) is 9.41. The van der Waals surface area contributed by atoms with Crippen molar-refractivity contribution in [3.05, 3.63) is 91.0 Å². The molecule has 0 saturated carbocycles. The SMILES string of the molecule is O=C(C=P(c1ccccc1)(c1ccccc1)c1ccccc1)N1CCCCC1. The van der Waals surface area contributed by atoms with Gasteiger partial charge in [0, 0.05) is 18.9 Å². The Balaban J connectivity index is 1.98. The zero-order chi connectivity index (χ0) is 19.2. The smallest absolute Gasteiger partial charge is 0.247 e. The van der Waals surface area contributed by atoms with Crippen molar-refractivity contribution < 1.29 is 4.79 Å². The molecule has 0 unspecified atom stereocenters.